The molecule has 9 heteroatoms. The molecule has 2 aromatic rings. The van der Waals surface area contributed by atoms with Gasteiger partial charge in [0.1, 0.15) is 5.75 Å². The zero-order valence-electron chi connectivity index (χ0n) is 20.8. The van der Waals surface area contributed by atoms with Gasteiger partial charge in [0, 0.05) is 39.8 Å². The highest BCUT2D eigenvalue weighted by molar-refractivity contribution is 7.89. The van der Waals surface area contributed by atoms with Gasteiger partial charge in [-0.1, -0.05) is 30.3 Å². The SMILES string of the molecule is CN(C(=O)[C@H]1CCc2cc(S(=O)(=O)N3CCCC3)ccc2O1)[C@H](CN1CC[C@H](O)C1)c1ccccc1. The van der Waals surface area contributed by atoms with Gasteiger partial charge in [0.15, 0.2) is 6.10 Å². The number of aliphatic hydroxyl groups excluding tert-OH is 1. The van der Waals surface area contributed by atoms with E-state index in [0.29, 0.717) is 49.7 Å². The summed E-state index contributed by atoms with van der Waals surface area (Å²) in [6, 6.07) is 14.8. The number of β-amino-alcohol motifs (C(OH)–C–C–N with tert-alkyl or cyclic N) is 1. The van der Waals surface area contributed by atoms with Gasteiger partial charge in [-0.05, 0) is 61.4 Å². The van der Waals surface area contributed by atoms with E-state index in [2.05, 4.69) is 4.90 Å². The molecule has 5 rings (SSSR count). The van der Waals surface area contributed by atoms with Crippen LogP contribution in [-0.2, 0) is 21.2 Å². The maximum absolute atomic E-state index is 13.6. The van der Waals surface area contributed by atoms with E-state index in [-0.39, 0.29) is 18.1 Å². The van der Waals surface area contributed by atoms with Crippen LogP contribution in [0.3, 0.4) is 0 Å². The summed E-state index contributed by atoms with van der Waals surface area (Å²) in [5.41, 5.74) is 1.87. The van der Waals surface area contributed by atoms with Crippen molar-refractivity contribution in [2.24, 2.45) is 0 Å². The number of hydrogen-bond acceptors (Lipinski definition) is 6. The van der Waals surface area contributed by atoms with Gasteiger partial charge in [-0.15, -0.1) is 0 Å². The lowest BCUT2D eigenvalue weighted by Crippen LogP contribution is -2.46. The molecule has 3 heterocycles. The summed E-state index contributed by atoms with van der Waals surface area (Å²) in [5.74, 6) is 0.482. The number of nitrogens with zero attached hydrogens (tertiary/aromatic N) is 3. The quantitative estimate of drug-likeness (QED) is 0.612. The zero-order chi connectivity index (χ0) is 25.3. The Morgan fingerprint density at radius 1 is 1.11 bits per heavy atom. The van der Waals surface area contributed by atoms with Crippen molar-refractivity contribution in [3.05, 3.63) is 59.7 Å². The fourth-order valence-electron chi connectivity index (χ4n) is 5.51. The normalized spacial score (nSPS) is 23.7. The number of rotatable bonds is 7. The molecule has 0 aliphatic carbocycles. The average molecular weight is 514 g/mol. The number of benzene rings is 2. The van der Waals surface area contributed by atoms with Gasteiger partial charge in [-0.2, -0.15) is 4.31 Å². The highest BCUT2D eigenvalue weighted by atomic mass is 32.2. The van der Waals surface area contributed by atoms with E-state index in [0.717, 1.165) is 36.9 Å². The van der Waals surface area contributed by atoms with Crippen LogP contribution >= 0.6 is 0 Å². The monoisotopic (exact) mass is 513 g/mol. The van der Waals surface area contributed by atoms with E-state index in [1.54, 1.807) is 27.4 Å². The topological polar surface area (TPSA) is 90.4 Å². The minimum Gasteiger partial charge on any atom is -0.480 e. The van der Waals surface area contributed by atoms with E-state index in [1.165, 1.54) is 0 Å². The lowest BCUT2D eigenvalue weighted by atomic mass is 10.00. The molecule has 2 fully saturated rings. The Balaban J connectivity index is 1.31. The molecule has 2 aromatic carbocycles. The van der Waals surface area contributed by atoms with Gasteiger partial charge < -0.3 is 14.7 Å². The van der Waals surface area contributed by atoms with Crippen LogP contribution in [0.2, 0.25) is 0 Å². The lowest BCUT2D eigenvalue weighted by Gasteiger charge is -2.35. The molecule has 0 unspecified atom stereocenters. The average Bonchev–Trinajstić information content (AvgIpc) is 3.59. The van der Waals surface area contributed by atoms with Gasteiger partial charge in [-0.25, -0.2) is 8.42 Å². The molecule has 0 radical (unpaired) electrons. The summed E-state index contributed by atoms with van der Waals surface area (Å²) < 4.78 is 33.6. The number of fused-ring (bicyclic) bond motifs is 1. The van der Waals surface area contributed by atoms with E-state index in [1.807, 2.05) is 37.4 Å². The van der Waals surface area contributed by atoms with Crippen molar-refractivity contribution >= 4 is 15.9 Å². The number of likely N-dealkylation sites (N-methyl/N-ethyl adjacent to an activating group) is 1. The summed E-state index contributed by atoms with van der Waals surface area (Å²) in [5, 5.41) is 9.98. The molecule has 1 N–H and O–H groups in total. The minimum absolute atomic E-state index is 0.0944. The first-order valence-electron chi connectivity index (χ1n) is 12.8. The van der Waals surface area contributed by atoms with Crippen LogP contribution in [0.5, 0.6) is 5.75 Å². The molecule has 1 amide bonds. The molecule has 36 heavy (non-hydrogen) atoms. The van der Waals surface area contributed by atoms with Crippen LogP contribution in [0.1, 0.15) is 42.9 Å². The van der Waals surface area contributed by atoms with Crippen molar-refractivity contribution in [1.82, 2.24) is 14.1 Å². The maximum atomic E-state index is 13.6. The van der Waals surface area contributed by atoms with Crippen molar-refractivity contribution in [1.29, 1.82) is 0 Å². The maximum Gasteiger partial charge on any atom is 0.263 e. The molecule has 2 saturated heterocycles. The van der Waals surface area contributed by atoms with Crippen LogP contribution in [0, 0.1) is 0 Å². The second-order valence-corrected chi connectivity index (χ2v) is 12.0. The molecule has 0 saturated carbocycles. The number of likely N-dealkylation sites (tertiary alicyclic amines) is 1. The Kier molecular flexibility index (Phi) is 7.35. The molecule has 8 nitrogen and oxygen atoms in total. The number of sulfonamides is 1. The van der Waals surface area contributed by atoms with Gasteiger partial charge >= 0.3 is 0 Å². The second kappa shape index (κ2) is 10.5. The van der Waals surface area contributed by atoms with Crippen LogP contribution in [0.25, 0.3) is 0 Å². The summed E-state index contributed by atoms with van der Waals surface area (Å²) in [7, 11) is -1.68. The van der Waals surface area contributed by atoms with Crippen molar-refractivity contribution in [3.8, 4) is 5.75 Å². The Morgan fingerprint density at radius 2 is 1.86 bits per heavy atom. The van der Waals surface area contributed by atoms with Crippen LogP contribution in [-0.4, -0.2) is 85.5 Å². The molecule has 3 aliphatic rings. The van der Waals surface area contributed by atoms with Gasteiger partial charge in [0.2, 0.25) is 10.0 Å². The van der Waals surface area contributed by atoms with E-state index in [4.69, 9.17) is 4.74 Å². The molecular formula is C27H35N3O5S. The summed E-state index contributed by atoms with van der Waals surface area (Å²) in [6.45, 7) is 3.20. The molecule has 0 aromatic heterocycles. The van der Waals surface area contributed by atoms with E-state index in [9.17, 15) is 18.3 Å². The van der Waals surface area contributed by atoms with Crippen LogP contribution < -0.4 is 4.74 Å². The number of aryl methyl sites for hydroxylation is 1. The van der Waals surface area contributed by atoms with Crippen molar-refractivity contribution in [2.75, 3.05) is 39.8 Å². The molecular weight excluding hydrogens is 478 g/mol. The Labute approximate surface area is 213 Å². The van der Waals surface area contributed by atoms with Crippen LogP contribution in [0.15, 0.2) is 53.4 Å². The van der Waals surface area contributed by atoms with Gasteiger partial charge in [-0.3, -0.25) is 9.69 Å². The van der Waals surface area contributed by atoms with Gasteiger partial charge in [0.05, 0.1) is 17.0 Å². The van der Waals surface area contributed by atoms with Crippen LogP contribution in [0.4, 0.5) is 0 Å². The number of carbonyl (C=O) groups is 1. The molecule has 194 valence electrons. The third-order valence-electron chi connectivity index (χ3n) is 7.63. The van der Waals surface area contributed by atoms with Crippen molar-refractivity contribution in [3.63, 3.8) is 0 Å². The predicted octanol–water partition coefficient (Wildman–Crippen LogP) is 2.43. The first kappa shape index (κ1) is 25.2. The lowest BCUT2D eigenvalue weighted by molar-refractivity contribution is -0.140. The Bertz CT molecular complexity index is 1180. The Morgan fingerprint density at radius 3 is 2.56 bits per heavy atom. The molecule has 0 spiro atoms. The third kappa shape index (κ3) is 5.16. The van der Waals surface area contributed by atoms with E-state index >= 15 is 0 Å². The number of hydrogen-bond donors (Lipinski definition) is 1. The standard InChI is InChI=1S/C27H35N3O5S/c1-28(24(20-7-3-2-4-8-20)19-29-16-13-22(31)18-29)27(32)26-11-9-21-17-23(10-12-25(21)35-26)36(33,34)30-14-5-6-15-30/h2-4,7-8,10,12,17,22,24,26,31H,5-6,9,11,13-16,18-19H2,1H3/t22-,24+,26+/m0/s1. The smallest absolute Gasteiger partial charge is 0.263 e. The van der Waals surface area contributed by atoms with E-state index < -0.39 is 16.1 Å². The first-order chi connectivity index (χ1) is 17.3. The highest BCUT2D eigenvalue weighted by Gasteiger charge is 2.35. The second-order valence-electron chi connectivity index (χ2n) is 10.1. The van der Waals surface area contributed by atoms with Gasteiger partial charge in [0.25, 0.3) is 5.91 Å². The third-order valence-corrected chi connectivity index (χ3v) is 9.53. The number of amides is 1. The summed E-state index contributed by atoms with van der Waals surface area (Å²) in [6.07, 6.45) is 2.67. The predicted molar refractivity (Wildman–Crippen MR) is 136 cm³/mol. The Hall–Kier alpha value is -2.46. The number of aliphatic hydroxyl groups is 1. The number of ether oxygens (including phenoxy) is 1. The fourth-order valence-corrected chi connectivity index (χ4v) is 7.08. The van der Waals surface area contributed by atoms with Crippen molar-refractivity contribution in [2.45, 2.75) is 55.2 Å². The summed E-state index contributed by atoms with van der Waals surface area (Å²) >= 11 is 0. The number of carbonyl (C=O) groups excluding carboxylic acids is 1. The zero-order valence-corrected chi connectivity index (χ0v) is 21.6. The fraction of sp³-hybridized carbons (Fsp3) is 0.519. The molecule has 0 bridgehead atoms. The van der Waals surface area contributed by atoms with Crippen molar-refractivity contribution < 1.29 is 23.1 Å². The molecule has 3 atom stereocenters. The molecule has 3 aliphatic heterocycles. The highest BCUT2D eigenvalue weighted by Crippen LogP contribution is 2.33. The first-order valence-corrected chi connectivity index (χ1v) is 14.3. The largest absolute Gasteiger partial charge is 0.480 e. The minimum atomic E-state index is -3.49. The summed E-state index contributed by atoms with van der Waals surface area (Å²) in [4.78, 5) is 17.9.